The Bertz CT molecular complexity index is 629. The average molecular weight is 318 g/mol. The number of hydrogen-bond acceptors (Lipinski definition) is 6. The number of rotatable bonds is 6. The summed E-state index contributed by atoms with van der Waals surface area (Å²) < 4.78 is 10.7. The molecular weight excluding hydrogens is 300 g/mol. The standard InChI is InChI=1S/C16H18N2O3S/c1-11-10-13(15(19)20-11)22-16-18-17-14(21-16)9-5-8-12-6-3-2-4-7-12/h2-4,6-7,11,13H,5,8-10H2,1H3/t11-,13-/m1/s1. The van der Waals surface area contributed by atoms with Gasteiger partial charge in [0.25, 0.3) is 5.22 Å². The third kappa shape index (κ3) is 3.88. The number of thioether (sulfide) groups is 1. The third-order valence-corrected chi connectivity index (χ3v) is 4.55. The molecule has 1 aliphatic heterocycles. The minimum atomic E-state index is -0.229. The maximum Gasteiger partial charge on any atom is 0.320 e. The van der Waals surface area contributed by atoms with Crippen molar-refractivity contribution in [3.63, 3.8) is 0 Å². The molecule has 0 saturated carbocycles. The summed E-state index contributed by atoms with van der Waals surface area (Å²) in [4.78, 5) is 11.6. The molecule has 1 saturated heterocycles. The summed E-state index contributed by atoms with van der Waals surface area (Å²) in [7, 11) is 0. The number of aryl methyl sites for hydroxylation is 2. The van der Waals surface area contributed by atoms with Crippen LogP contribution in [0, 0.1) is 0 Å². The molecule has 0 radical (unpaired) electrons. The Hall–Kier alpha value is -1.82. The van der Waals surface area contributed by atoms with Crippen LogP contribution in [0.5, 0.6) is 0 Å². The summed E-state index contributed by atoms with van der Waals surface area (Å²) in [6.07, 6.45) is 3.35. The van der Waals surface area contributed by atoms with Crippen LogP contribution in [0.25, 0.3) is 0 Å². The Labute approximate surface area is 133 Å². The van der Waals surface area contributed by atoms with Gasteiger partial charge in [0.2, 0.25) is 5.89 Å². The molecule has 6 heteroatoms. The fraction of sp³-hybridized carbons (Fsp3) is 0.438. The van der Waals surface area contributed by atoms with Crippen LogP contribution in [0.4, 0.5) is 0 Å². The van der Waals surface area contributed by atoms with Gasteiger partial charge >= 0.3 is 5.97 Å². The molecule has 2 heterocycles. The van der Waals surface area contributed by atoms with Crippen LogP contribution in [-0.2, 0) is 22.4 Å². The molecule has 1 aliphatic rings. The SMILES string of the molecule is C[C@@H]1C[C@@H](Sc2nnc(CCCc3ccccc3)o2)C(=O)O1. The van der Waals surface area contributed by atoms with Crippen LogP contribution in [0.3, 0.4) is 0 Å². The number of aromatic nitrogens is 2. The van der Waals surface area contributed by atoms with Gasteiger partial charge in [0.1, 0.15) is 11.4 Å². The summed E-state index contributed by atoms with van der Waals surface area (Å²) in [6.45, 7) is 1.89. The quantitative estimate of drug-likeness (QED) is 0.763. The molecule has 0 spiro atoms. The Balaban J connectivity index is 1.48. The molecule has 0 aliphatic carbocycles. The first-order chi connectivity index (χ1) is 10.7. The Morgan fingerprint density at radius 2 is 2.05 bits per heavy atom. The van der Waals surface area contributed by atoms with Crippen molar-refractivity contribution in [1.29, 1.82) is 0 Å². The lowest BCUT2D eigenvalue weighted by Crippen LogP contribution is -2.09. The zero-order valence-electron chi connectivity index (χ0n) is 12.4. The first-order valence-corrected chi connectivity index (χ1v) is 8.32. The highest BCUT2D eigenvalue weighted by Gasteiger charge is 2.34. The van der Waals surface area contributed by atoms with E-state index in [1.54, 1.807) is 0 Å². The molecule has 5 nitrogen and oxygen atoms in total. The van der Waals surface area contributed by atoms with E-state index in [0.29, 0.717) is 17.5 Å². The monoisotopic (exact) mass is 318 g/mol. The zero-order valence-corrected chi connectivity index (χ0v) is 13.2. The molecule has 3 rings (SSSR count). The van der Waals surface area contributed by atoms with E-state index in [1.165, 1.54) is 17.3 Å². The third-order valence-electron chi connectivity index (χ3n) is 3.52. The summed E-state index contributed by atoms with van der Waals surface area (Å²) in [5, 5.41) is 8.27. The van der Waals surface area contributed by atoms with E-state index in [0.717, 1.165) is 19.3 Å². The van der Waals surface area contributed by atoms with Crippen LogP contribution in [-0.4, -0.2) is 27.5 Å². The number of esters is 1. The Kier molecular flexibility index (Phi) is 4.77. The summed E-state index contributed by atoms with van der Waals surface area (Å²) in [6, 6.07) is 10.3. The van der Waals surface area contributed by atoms with Gasteiger partial charge < -0.3 is 9.15 Å². The second-order valence-corrected chi connectivity index (χ2v) is 6.54. The number of benzene rings is 1. The first-order valence-electron chi connectivity index (χ1n) is 7.44. The smallest absolute Gasteiger partial charge is 0.320 e. The number of carbonyl (C=O) groups excluding carboxylic acids is 1. The Morgan fingerprint density at radius 3 is 2.77 bits per heavy atom. The molecule has 0 amide bonds. The van der Waals surface area contributed by atoms with E-state index in [1.807, 2.05) is 25.1 Å². The van der Waals surface area contributed by atoms with Crippen LogP contribution in [0.2, 0.25) is 0 Å². The van der Waals surface area contributed by atoms with E-state index in [2.05, 4.69) is 22.3 Å². The van der Waals surface area contributed by atoms with E-state index in [-0.39, 0.29) is 17.3 Å². The van der Waals surface area contributed by atoms with Crippen molar-refractivity contribution in [3.8, 4) is 0 Å². The second kappa shape index (κ2) is 6.96. The van der Waals surface area contributed by atoms with Crippen molar-refractivity contribution >= 4 is 17.7 Å². The highest BCUT2D eigenvalue weighted by Crippen LogP contribution is 2.31. The molecule has 0 N–H and O–H groups in total. The normalized spacial score (nSPS) is 21.0. The van der Waals surface area contributed by atoms with Crippen LogP contribution >= 0.6 is 11.8 Å². The molecule has 1 fully saturated rings. The van der Waals surface area contributed by atoms with Crippen LogP contribution < -0.4 is 0 Å². The fourth-order valence-corrected chi connectivity index (χ4v) is 3.41. The van der Waals surface area contributed by atoms with Crippen LogP contribution in [0.1, 0.15) is 31.2 Å². The number of ether oxygens (including phenoxy) is 1. The summed E-state index contributed by atoms with van der Waals surface area (Å²) >= 11 is 1.30. The largest absolute Gasteiger partial charge is 0.462 e. The fourth-order valence-electron chi connectivity index (χ4n) is 2.41. The van der Waals surface area contributed by atoms with Crippen molar-refractivity contribution < 1.29 is 13.9 Å². The van der Waals surface area contributed by atoms with E-state index >= 15 is 0 Å². The minimum absolute atomic E-state index is 0.0294. The summed E-state index contributed by atoms with van der Waals surface area (Å²) in [5.41, 5.74) is 1.30. The van der Waals surface area contributed by atoms with Gasteiger partial charge in [-0.3, -0.25) is 4.79 Å². The highest BCUT2D eigenvalue weighted by molar-refractivity contribution is 8.00. The molecule has 2 atom stereocenters. The van der Waals surface area contributed by atoms with Gasteiger partial charge in [-0.15, -0.1) is 10.2 Å². The molecular formula is C16H18N2O3S. The summed E-state index contributed by atoms with van der Waals surface area (Å²) in [5.74, 6) is 0.430. The number of hydrogen-bond donors (Lipinski definition) is 0. The van der Waals surface area contributed by atoms with Crippen molar-refractivity contribution in [3.05, 3.63) is 41.8 Å². The molecule has 0 unspecified atom stereocenters. The Morgan fingerprint density at radius 1 is 1.23 bits per heavy atom. The van der Waals surface area contributed by atoms with E-state index < -0.39 is 0 Å². The minimum Gasteiger partial charge on any atom is -0.462 e. The van der Waals surface area contributed by atoms with Crippen molar-refractivity contribution in [2.24, 2.45) is 0 Å². The highest BCUT2D eigenvalue weighted by atomic mass is 32.2. The molecule has 22 heavy (non-hydrogen) atoms. The average Bonchev–Trinajstić information content (AvgIpc) is 3.07. The number of cyclic esters (lactones) is 1. The maximum atomic E-state index is 11.6. The van der Waals surface area contributed by atoms with E-state index in [9.17, 15) is 4.79 Å². The zero-order chi connectivity index (χ0) is 15.4. The van der Waals surface area contributed by atoms with Gasteiger partial charge in [0.15, 0.2) is 0 Å². The number of nitrogens with zero attached hydrogens (tertiary/aromatic N) is 2. The predicted molar refractivity (Wildman–Crippen MR) is 82.6 cm³/mol. The second-order valence-electron chi connectivity index (χ2n) is 5.39. The van der Waals surface area contributed by atoms with Gasteiger partial charge in [-0.1, -0.05) is 30.3 Å². The lowest BCUT2D eigenvalue weighted by atomic mass is 10.1. The topological polar surface area (TPSA) is 65.2 Å². The van der Waals surface area contributed by atoms with Crippen molar-refractivity contribution in [1.82, 2.24) is 10.2 Å². The van der Waals surface area contributed by atoms with Gasteiger partial charge in [-0.2, -0.15) is 0 Å². The van der Waals surface area contributed by atoms with Crippen LogP contribution in [0.15, 0.2) is 40.0 Å². The van der Waals surface area contributed by atoms with E-state index in [4.69, 9.17) is 9.15 Å². The van der Waals surface area contributed by atoms with Gasteiger partial charge in [0.05, 0.1) is 0 Å². The van der Waals surface area contributed by atoms with Crippen molar-refractivity contribution in [2.45, 2.75) is 49.2 Å². The molecule has 1 aromatic carbocycles. The molecule has 2 aromatic rings. The predicted octanol–water partition coefficient (Wildman–Crippen LogP) is 3.04. The first kappa shape index (κ1) is 15.1. The number of carbonyl (C=O) groups is 1. The molecule has 116 valence electrons. The lowest BCUT2D eigenvalue weighted by Gasteiger charge is -2.00. The van der Waals surface area contributed by atoms with Gasteiger partial charge in [0, 0.05) is 12.8 Å². The lowest BCUT2D eigenvalue weighted by molar-refractivity contribution is -0.140. The van der Waals surface area contributed by atoms with Gasteiger partial charge in [-0.25, -0.2) is 0 Å². The van der Waals surface area contributed by atoms with Crippen molar-refractivity contribution in [2.75, 3.05) is 0 Å². The van der Waals surface area contributed by atoms with Gasteiger partial charge in [-0.05, 0) is 37.1 Å². The molecule has 1 aromatic heterocycles. The molecule has 0 bridgehead atoms. The maximum absolute atomic E-state index is 11.6.